The molecular formula is C24H18N2O2. The van der Waals surface area contributed by atoms with Gasteiger partial charge in [-0.25, -0.2) is 9.78 Å². The molecule has 0 aliphatic rings. The molecule has 0 aliphatic carbocycles. The van der Waals surface area contributed by atoms with E-state index >= 15 is 0 Å². The highest BCUT2D eigenvalue weighted by atomic mass is 16.4. The molecule has 3 aromatic carbocycles. The molecule has 5 aromatic rings. The summed E-state index contributed by atoms with van der Waals surface area (Å²) in [5.74, 6) is 0.850. The number of hydrogen-bond donors (Lipinski definition) is 0. The largest absolute Gasteiger partial charge is 0.422 e. The van der Waals surface area contributed by atoms with E-state index in [4.69, 9.17) is 9.40 Å². The fourth-order valence-corrected chi connectivity index (χ4v) is 3.86. The summed E-state index contributed by atoms with van der Waals surface area (Å²) in [5.41, 5.74) is 3.76. The van der Waals surface area contributed by atoms with Gasteiger partial charge in [0.25, 0.3) is 0 Å². The van der Waals surface area contributed by atoms with Gasteiger partial charge in [0.05, 0.1) is 22.6 Å². The van der Waals surface area contributed by atoms with Gasteiger partial charge in [-0.3, -0.25) is 0 Å². The van der Waals surface area contributed by atoms with Gasteiger partial charge in [0.15, 0.2) is 0 Å². The van der Waals surface area contributed by atoms with Gasteiger partial charge < -0.3 is 8.98 Å². The van der Waals surface area contributed by atoms with E-state index in [0.29, 0.717) is 11.1 Å². The molecule has 1 atom stereocenters. The van der Waals surface area contributed by atoms with Gasteiger partial charge in [-0.1, -0.05) is 60.7 Å². The van der Waals surface area contributed by atoms with Gasteiger partial charge >= 0.3 is 5.63 Å². The van der Waals surface area contributed by atoms with Crippen LogP contribution in [0.2, 0.25) is 0 Å². The van der Waals surface area contributed by atoms with Crippen molar-refractivity contribution in [1.82, 2.24) is 9.55 Å². The van der Waals surface area contributed by atoms with Crippen LogP contribution in [0.15, 0.2) is 94.1 Å². The third-order valence-electron chi connectivity index (χ3n) is 5.11. The highest BCUT2D eigenvalue weighted by Gasteiger charge is 2.24. The average molecular weight is 366 g/mol. The monoisotopic (exact) mass is 366 g/mol. The van der Waals surface area contributed by atoms with Crippen LogP contribution >= 0.6 is 0 Å². The molecule has 0 radical (unpaired) electrons. The fraction of sp³-hybridized carbons (Fsp3) is 0.0833. The van der Waals surface area contributed by atoms with Crippen LogP contribution in [0, 0.1) is 6.92 Å². The van der Waals surface area contributed by atoms with Gasteiger partial charge in [-0.05, 0) is 36.8 Å². The maximum Gasteiger partial charge on any atom is 0.341 e. The first kappa shape index (κ1) is 16.5. The van der Waals surface area contributed by atoms with Crippen LogP contribution in [0.1, 0.15) is 23.0 Å². The summed E-state index contributed by atoms with van der Waals surface area (Å²) >= 11 is 0. The minimum Gasteiger partial charge on any atom is -0.422 e. The van der Waals surface area contributed by atoms with Crippen molar-refractivity contribution in [3.8, 4) is 0 Å². The lowest BCUT2D eigenvalue weighted by atomic mass is 9.98. The molecule has 28 heavy (non-hydrogen) atoms. The Balaban J connectivity index is 1.85. The van der Waals surface area contributed by atoms with Crippen molar-refractivity contribution < 1.29 is 4.42 Å². The van der Waals surface area contributed by atoms with Crippen molar-refractivity contribution in [2.24, 2.45) is 0 Å². The van der Waals surface area contributed by atoms with Crippen molar-refractivity contribution >= 4 is 22.0 Å². The number of hydrogen-bond acceptors (Lipinski definition) is 3. The quantitative estimate of drug-likeness (QED) is 0.418. The zero-order chi connectivity index (χ0) is 19.1. The smallest absolute Gasteiger partial charge is 0.341 e. The topological polar surface area (TPSA) is 48.0 Å². The van der Waals surface area contributed by atoms with Crippen LogP contribution < -0.4 is 5.63 Å². The van der Waals surface area contributed by atoms with Crippen LogP contribution in [0.3, 0.4) is 0 Å². The van der Waals surface area contributed by atoms with Crippen LogP contribution in [0.5, 0.6) is 0 Å². The zero-order valence-corrected chi connectivity index (χ0v) is 15.4. The van der Waals surface area contributed by atoms with E-state index in [0.717, 1.165) is 27.8 Å². The first-order chi connectivity index (χ1) is 13.7. The molecule has 2 aromatic heterocycles. The summed E-state index contributed by atoms with van der Waals surface area (Å²) in [6.07, 6.45) is 0. The van der Waals surface area contributed by atoms with Crippen LogP contribution in [0.25, 0.3) is 22.0 Å². The Morgan fingerprint density at radius 2 is 1.61 bits per heavy atom. The summed E-state index contributed by atoms with van der Waals surface area (Å²) in [5, 5.41) is 0.903. The van der Waals surface area contributed by atoms with Crippen LogP contribution in [-0.2, 0) is 0 Å². The van der Waals surface area contributed by atoms with Crippen molar-refractivity contribution in [1.29, 1.82) is 0 Å². The van der Waals surface area contributed by atoms with E-state index in [1.165, 1.54) is 0 Å². The predicted molar refractivity (Wildman–Crippen MR) is 111 cm³/mol. The summed E-state index contributed by atoms with van der Waals surface area (Å²) in [7, 11) is 0. The average Bonchev–Trinajstić information content (AvgIpc) is 3.05. The van der Waals surface area contributed by atoms with Gasteiger partial charge in [-0.15, -0.1) is 0 Å². The van der Waals surface area contributed by atoms with Crippen molar-refractivity contribution in [2.75, 3.05) is 0 Å². The van der Waals surface area contributed by atoms with E-state index in [1.807, 2.05) is 91.9 Å². The molecular weight excluding hydrogens is 348 g/mol. The molecule has 0 N–H and O–H groups in total. The summed E-state index contributed by atoms with van der Waals surface area (Å²) in [4.78, 5) is 17.7. The van der Waals surface area contributed by atoms with Gasteiger partial charge in [-0.2, -0.15) is 0 Å². The van der Waals surface area contributed by atoms with Crippen molar-refractivity contribution in [3.63, 3.8) is 0 Å². The molecule has 0 saturated heterocycles. The zero-order valence-electron chi connectivity index (χ0n) is 15.4. The second-order valence-corrected chi connectivity index (χ2v) is 6.86. The molecule has 0 amide bonds. The number of para-hydroxylation sites is 3. The van der Waals surface area contributed by atoms with E-state index in [2.05, 4.69) is 4.57 Å². The highest BCUT2D eigenvalue weighted by Crippen LogP contribution is 2.31. The maximum atomic E-state index is 13.0. The summed E-state index contributed by atoms with van der Waals surface area (Å²) < 4.78 is 7.77. The second kappa shape index (κ2) is 6.50. The van der Waals surface area contributed by atoms with E-state index in [-0.39, 0.29) is 11.7 Å². The Bertz CT molecular complexity index is 1350. The number of aromatic nitrogens is 2. The molecule has 136 valence electrons. The number of aryl methyl sites for hydroxylation is 1. The first-order valence-electron chi connectivity index (χ1n) is 9.24. The minimum absolute atomic E-state index is 0.325. The lowest BCUT2D eigenvalue weighted by Gasteiger charge is -2.21. The van der Waals surface area contributed by atoms with E-state index in [9.17, 15) is 4.79 Å². The predicted octanol–water partition coefficient (Wildman–Crippen LogP) is 5.09. The Labute approximate surface area is 161 Å². The molecule has 4 nitrogen and oxygen atoms in total. The molecule has 0 bridgehead atoms. The van der Waals surface area contributed by atoms with Crippen LogP contribution in [-0.4, -0.2) is 9.55 Å². The Morgan fingerprint density at radius 3 is 2.46 bits per heavy atom. The Morgan fingerprint density at radius 1 is 0.893 bits per heavy atom. The molecule has 0 saturated carbocycles. The Kier molecular flexibility index (Phi) is 3.83. The second-order valence-electron chi connectivity index (χ2n) is 6.86. The molecule has 2 heterocycles. The minimum atomic E-state index is -0.329. The molecule has 1 unspecified atom stereocenters. The van der Waals surface area contributed by atoms with Gasteiger partial charge in [0, 0.05) is 5.39 Å². The maximum absolute atomic E-state index is 13.0. The Hall–Kier alpha value is -3.66. The lowest BCUT2D eigenvalue weighted by molar-refractivity contribution is 0.533. The number of imidazole rings is 1. The van der Waals surface area contributed by atoms with Gasteiger partial charge in [0.1, 0.15) is 11.4 Å². The van der Waals surface area contributed by atoms with E-state index in [1.54, 1.807) is 0 Å². The molecule has 4 heteroatoms. The number of benzene rings is 3. The molecule has 0 spiro atoms. The third-order valence-corrected chi connectivity index (χ3v) is 5.11. The molecule has 0 aliphatic heterocycles. The molecule has 0 fully saturated rings. The number of nitrogens with zero attached hydrogens (tertiary/aromatic N) is 2. The highest BCUT2D eigenvalue weighted by molar-refractivity contribution is 5.78. The van der Waals surface area contributed by atoms with Crippen molar-refractivity contribution in [2.45, 2.75) is 13.0 Å². The lowest BCUT2D eigenvalue weighted by Crippen LogP contribution is -2.21. The van der Waals surface area contributed by atoms with Crippen molar-refractivity contribution in [3.05, 3.63) is 112 Å². The fourth-order valence-electron chi connectivity index (χ4n) is 3.86. The standard InChI is InChI=1S/C24H18N2O2/c1-16-25-20-12-6-7-13-21(20)26(16)23(17-9-3-2-4-10-17)19-15-18-11-5-8-14-22(18)28-24(19)27/h2-15,23H,1H3. The summed E-state index contributed by atoms with van der Waals surface area (Å²) in [6.45, 7) is 1.97. The SMILES string of the molecule is Cc1nc2ccccc2n1C(c1ccccc1)c1cc2ccccc2oc1=O. The number of rotatable bonds is 3. The van der Waals surface area contributed by atoms with Gasteiger partial charge in [0.2, 0.25) is 0 Å². The van der Waals surface area contributed by atoms with Crippen LogP contribution in [0.4, 0.5) is 0 Å². The number of fused-ring (bicyclic) bond motifs is 2. The first-order valence-corrected chi connectivity index (χ1v) is 9.24. The summed E-state index contributed by atoms with van der Waals surface area (Å²) in [6, 6.07) is 27.2. The normalized spacial score (nSPS) is 12.5. The third kappa shape index (κ3) is 2.62. The molecule has 5 rings (SSSR count). The van der Waals surface area contributed by atoms with E-state index < -0.39 is 0 Å².